The summed E-state index contributed by atoms with van der Waals surface area (Å²) < 4.78 is 5.25. The average molecular weight is 240 g/mol. The van der Waals surface area contributed by atoms with E-state index in [4.69, 9.17) is 4.74 Å². The van der Waals surface area contributed by atoms with Gasteiger partial charge in [0.2, 0.25) is 0 Å². The predicted octanol–water partition coefficient (Wildman–Crippen LogP) is 2.00. The van der Waals surface area contributed by atoms with Gasteiger partial charge in [-0.1, -0.05) is 19.3 Å². The van der Waals surface area contributed by atoms with Gasteiger partial charge in [0, 0.05) is 20.2 Å². The van der Waals surface area contributed by atoms with Gasteiger partial charge in [0.15, 0.2) is 0 Å². The molecule has 1 aliphatic carbocycles. The Balaban J connectivity index is 1.70. The van der Waals surface area contributed by atoms with E-state index in [0.29, 0.717) is 12.5 Å². The molecule has 1 heterocycles. The molecule has 4 nitrogen and oxygen atoms in total. The third-order valence-corrected chi connectivity index (χ3v) is 3.86. The van der Waals surface area contributed by atoms with Gasteiger partial charge in [-0.25, -0.2) is 4.79 Å². The Morgan fingerprint density at radius 3 is 2.71 bits per heavy atom. The Labute approximate surface area is 104 Å². The lowest BCUT2D eigenvalue weighted by molar-refractivity contribution is 0.176. The Morgan fingerprint density at radius 2 is 2.06 bits per heavy atom. The molecular formula is C13H24N2O2. The van der Waals surface area contributed by atoms with Crippen molar-refractivity contribution in [1.82, 2.24) is 10.2 Å². The van der Waals surface area contributed by atoms with Crippen molar-refractivity contribution in [2.45, 2.75) is 44.6 Å². The molecule has 2 amide bonds. The van der Waals surface area contributed by atoms with Gasteiger partial charge in [-0.05, 0) is 25.2 Å². The van der Waals surface area contributed by atoms with Crippen molar-refractivity contribution in [3.05, 3.63) is 0 Å². The third-order valence-electron chi connectivity index (χ3n) is 3.86. The Hall–Kier alpha value is -0.770. The second kappa shape index (κ2) is 6.24. The first-order chi connectivity index (χ1) is 8.25. The van der Waals surface area contributed by atoms with E-state index < -0.39 is 0 Å². The maximum atomic E-state index is 11.9. The van der Waals surface area contributed by atoms with E-state index in [1.165, 1.54) is 32.1 Å². The van der Waals surface area contributed by atoms with Crippen LogP contribution in [0.5, 0.6) is 0 Å². The predicted molar refractivity (Wildman–Crippen MR) is 67.0 cm³/mol. The second-order valence-corrected chi connectivity index (χ2v) is 5.39. The minimum atomic E-state index is 0.0612. The Kier molecular flexibility index (Phi) is 4.66. The highest BCUT2D eigenvalue weighted by atomic mass is 16.5. The maximum absolute atomic E-state index is 11.9. The van der Waals surface area contributed by atoms with Crippen LogP contribution in [0.2, 0.25) is 0 Å². The van der Waals surface area contributed by atoms with Gasteiger partial charge in [-0.2, -0.15) is 0 Å². The molecule has 2 rings (SSSR count). The zero-order valence-corrected chi connectivity index (χ0v) is 10.8. The summed E-state index contributed by atoms with van der Waals surface area (Å²) in [6.07, 6.45) is 7.54. The molecule has 0 aromatic carbocycles. The summed E-state index contributed by atoms with van der Waals surface area (Å²) in [7, 11) is 1.90. The quantitative estimate of drug-likeness (QED) is 0.819. The van der Waals surface area contributed by atoms with Crippen LogP contribution in [0.3, 0.4) is 0 Å². The van der Waals surface area contributed by atoms with Gasteiger partial charge in [0.05, 0.1) is 12.6 Å². The number of hydrogen-bond donors (Lipinski definition) is 1. The van der Waals surface area contributed by atoms with Crippen LogP contribution < -0.4 is 5.32 Å². The van der Waals surface area contributed by atoms with Crippen LogP contribution in [0.25, 0.3) is 0 Å². The molecule has 1 N–H and O–H groups in total. The molecule has 2 aliphatic rings. The zero-order chi connectivity index (χ0) is 12.1. The summed E-state index contributed by atoms with van der Waals surface area (Å²) in [6, 6.07) is 0.280. The van der Waals surface area contributed by atoms with Crippen LogP contribution in [-0.4, -0.2) is 43.8 Å². The molecule has 0 spiro atoms. The minimum Gasteiger partial charge on any atom is -0.379 e. The number of carbonyl (C=O) groups is 1. The zero-order valence-electron chi connectivity index (χ0n) is 10.8. The molecule has 1 saturated carbocycles. The molecule has 1 saturated heterocycles. The third kappa shape index (κ3) is 3.87. The monoisotopic (exact) mass is 240 g/mol. The summed E-state index contributed by atoms with van der Waals surface area (Å²) >= 11 is 0. The van der Waals surface area contributed by atoms with Crippen LogP contribution in [-0.2, 0) is 4.74 Å². The number of rotatable bonds is 3. The smallest absolute Gasteiger partial charge is 0.317 e. The first-order valence-corrected chi connectivity index (χ1v) is 6.85. The molecule has 2 fully saturated rings. The highest BCUT2D eigenvalue weighted by Gasteiger charge is 2.22. The molecule has 1 unspecified atom stereocenters. The molecule has 4 heteroatoms. The van der Waals surface area contributed by atoms with Crippen LogP contribution >= 0.6 is 0 Å². The fourth-order valence-corrected chi connectivity index (χ4v) is 2.77. The molecule has 0 bridgehead atoms. The van der Waals surface area contributed by atoms with Crippen LogP contribution in [0, 0.1) is 5.92 Å². The van der Waals surface area contributed by atoms with Gasteiger partial charge in [-0.3, -0.25) is 0 Å². The van der Waals surface area contributed by atoms with Crippen LogP contribution in [0.15, 0.2) is 0 Å². The van der Waals surface area contributed by atoms with Crippen molar-refractivity contribution in [2.75, 3.05) is 26.8 Å². The fraction of sp³-hybridized carbons (Fsp3) is 0.923. The summed E-state index contributed by atoms with van der Waals surface area (Å²) in [5.74, 6) is 0.708. The molecule has 17 heavy (non-hydrogen) atoms. The summed E-state index contributed by atoms with van der Waals surface area (Å²) in [6.45, 7) is 2.35. The molecule has 1 atom stereocenters. The van der Waals surface area contributed by atoms with Crippen molar-refractivity contribution in [1.29, 1.82) is 0 Å². The Morgan fingerprint density at radius 1 is 1.29 bits per heavy atom. The number of nitrogens with zero attached hydrogens (tertiary/aromatic N) is 1. The lowest BCUT2D eigenvalue weighted by Gasteiger charge is -2.27. The molecular weight excluding hydrogens is 216 g/mol. The lowest BCUT2D eigenvalue weighted by Crippen LogP contribution is -2.45. The molecule has 1 aliphatic heterocycles. The average Bonchev–Trinajstić information content (AvgIpc) is 2.83. The van der Waals surface area contributed by atoms with E-state index >= 15 is 0 Å². The van der Waals surface area contributed by atoms with Gasteiger partial charge in [0.1, 0.15) is 0 Å². The van der Waals surface area contributed by atoms with Gasteiger partial charge < -0.3 is 15.0 Å². The highest BCUT2D eigenvalue weighted by molar-refractivity contribution is 5.74. The van der Waals surface area contributed by atoms with E-state index in [2.05, 4.69) is 5.32 Å². The number of urea groups is 1. The summed E-state index contributed by atoms with van der Waals surface area (Å²) in [5.41, 5.74) is 0. The summed E-state index contributed by atoms with van der Waals surface area (Å²) in [5, 5.41) is 3.03. The normalized spacial score (nSPS) is 25.8. The number of nitrogens with one attached hydrogen (secondary N) is 1. The van der Waals surface area contributed by atoms with Crippen LogP contribution in [0.1, 0.15) is 38.5 Å². The van der Waals surface area contributed by atoms with Crippen molar-refractivity contribution < 1.29 is 9.53 Å². The number of amides is 2. The van der Waals surface area contributed by atoms with Gasteiger partial charge in [0.25, 0.3) is 0 Å². The van der Waals surface area contributed by atoms with Crippen LogP contribution in [0.4, 0.5) is 4.79 Å². The maximum Gasteiger partial charge on any atom is 0.317 e. The van der Waals surface area contributed by atoms with E-state index in [1.54, 1.807) is 0 Å². The first kappa shape index (κ1) is 12.7. The molecule has 0 radical (unpaired) electrons. The van der Waals surface area contributed by atoms with Gasteiger partial charge in [-0.15, -0.1) is 0 Å². The van der Waals surface area contributed by atoms with E-state index in [0.717, 1.165) is 19.6 Å². The number of hydrogen-bond acceptors (Lipinski definition) is 2. The number of ether oxygens (including phenoxy) is 1. The van der Waals surface area contributed by atoms with Gasteiger partial charge >= 0.3 is 6.03 Å². The highest BCUT2D eigenvalue weighted by Crippen LogP contribution is 2.24. The number of carbonyl (C=O) groups excluding carboxylic acids is 1. The van der Waals surface area contributed by atoms with E-state index in [9.17, 15) is 4.79 Å². The van der Waals surface area contributed by atoms with Crippen molar-refractivity contribution in [3.8, 4) is 0 Å². The van der Waals surface area contributed by atoms with E-state index in [1.807, 2.05) is 11.9 Å². The largest absolute Gasteiger partial charge is 0.379 e. The lowest BCUT2D eigenvalue weighted by atomic mass is 9.89. The van der Waals surface area contributed by atoms with Crippen molar-refractivity contribution >= 4 is 6.03 Å². The summed E-state index contributed by atoms with van der Waals surface area (Å²) in [4.78, 5) is 13.8. The second-order valence-electron chi connectivity index (χ2n) is 5.39. The molecule has 98 valence electrons. The van der Waals surface area contributed by atoms with Crippen molar-refractivity contribution in [2.24, 2.45) is 5.92 Å². The minimum absolute atomic E-state index is 0.0612. The SMILES string of the molecule is CN(CC1CCCCC1)C(=O)NC1CCOC1. The van der Waals surface area contributed by atoms with E-state index in [-0.39, 0.29) is 12.1 Å². The molecule has 0 aromatic rings. The fourth-order valence-electron chi connectivity index (χ4n) is 2.77. The topological polar surface area (TPSA) is 41.6 Å². The van der Waals surface area contributed by atoms with Crippen molar-refractivity contribution in [3.63, 3.8) is 0 Å². The Bertz CT molecular complexity index is 246. The first-order valence-electron chi connectivity index (χ1n) is 6.85. The molecule has 0 aromatic heterocycles. The standard InChI is InChI=1S/C13H24N2O2/c1-15(9-11-5-3-2-4-6-11)13(16)14-12-7-8-17-10-12/h11-12H,2-10H2,1H3,(H,14,16).